The molecule has 1 aromatic heterocycles. The third-order valence-electron chi connectivity index (χ3n) is 6.41. The summed E-state index contributed by atoms with van der Waals surface area (Å²) >= 11 is 0. The van der Waals surface area contributed by atoms with Crippen LogP contribution in [-0.2, 0) is 9.59 Å². The van der Waals surface area contributed by atoms with E-state index in [0.29, 0.717) is 42.0 Å². The van der Waals surface area contributed by atoms with Crippen LogP contribution < -0.4 is 20.7 Å². The molecule has 2 aromatic rings. The number of nitriles is 1. The number of methoxy groups -OCH3 is 1. The van der Waals surface area contributed by atoms with Gasteiger partial charge in [0.1, 0.15) is 29.3 Å². The topological polar surface area (TPSA) is 136 Å². The fourth-order valence-corrected chi connectivity index (χ4v) is 4.38. The van der Waals surface area contributed by atoms with E-state index < -0.39 is 29.7 Å². The smallest absolute Gasteiger partial charge is 0.268 e. The van der Waals surface area contributed by atoms with Crippen molar-refractivity contribution in [3.05, 3.63) is 29.7 Å². The summed E-state index contributed by atoms with van der Waals surface area (Å²) in [7, 11) is 1.42. The number of hydrogen-bond acceptors (Lipinski definition) is 5. The summed E-state index contributed by atoms with van der Waals surface area (Å²) in [5, 5.41) is 18.3. The van der Waals surface area contributed by atoms with Crippen LogP contribution in [0, 0.1) is 29.0 Å². The minimum absolute atomic E-state index is 0.103. The van der Waals surface area contributed by atoms with Crippen LogP contribution in [0.1, 0.15) is 49.0 Å². The molecular weight excluding hydrogens is 441 g/mol. The number of nitrogens with one attached hydrogen (secondary N) is 4. The fourth-order valence-electron chi connectivity index (χ4n) is 4.38. The number of hydrogen-bond donors (Lipinski definition) is 4. The largest absolute Gasteiger partial charge is 0.496 e. The summed E-state index contributed by atoms with van der Waals surface area (Å²) in [6.45, 7) is 0.626. The van der Waals surface area contributed by atoms with E-state index in [-0.39, 0.29) is 23.9 Å². The summed E-state index contributed by atoms with van der Waals surface area (Å²) in [5.41, 5.74) is 0.573. The van der Waals surface area contributed by atoms with Gasteiger partial charge in [-0.2, -0.15) is 5.26 Å². The molecule has 10 heteroatoms. The number of benzene rings is 1. The molecule has 180 valence electrons. The molecule has 1 saturated heterocycles. The Balaban J connectivity index is 1.45. The van der Waals surface area contributed by atoms with Gasteiger partial charge in [0.05, 0.1) is 18.7 Å². The van der Waals surface area contributed by atoms with E-state index in [0.717, 1.165) is 19.3 Å². The molecule has 1 aliphatic heterocycles. The number of halogens is 1. The van der Waals surface area contributed by atoms with Gasteiger partial charge in [0.25, 0.3) is 5.91 Å². The quantitative estimate of drug-likeness (QED) is 0.446. The van der Waals surface area contributed by atoms with E-state index in [1.54, 1.807) is 6.07 Å². The molecule has 3 atom stereocenters. The Labute approximate surface area is 196 Å². The number of H-pyrrole nitrogens is 1. The average Bonchev–Trinajstić information content (AvgIpc) is 3.54. The van der Waals surface area contributed by atoms with E-state index >= 15 is 0 Å². The van der Waals surface area contributed by atoms with Crippen molar-refractivity contribution in [1.82, 2.24) is 20.9 Å². The summed E-state index contributed by atoms with van der Waals surface area (Å²) in [4.78, 5) is 40.9. The van der Waals surface area contributed by atoms with Gasteiger partial charge in [0.15, 0.2) is 0 Å². The number of nitrogens with zero attached hydrogens (tertiary/aromatic N) is 1. The maximum atomic E-state index is 13.8. The molecule has 1 aromatic carbocycles. The maximum Gasteiger partial charge on any atom is 0.268 e. The average molecular weight is 470 g/mol. The first kappa shape index (κ1) is 23.5. The monoisotopic (exact) mass is 469 g/mol. The molecule has 2 fully saturated rings. The van der Waals surface area contributed by atoms with Gasteiger partial charge in [0, 0.05) is 23.9 Å². The summed E-state index contributed by atoms with van der Waals surface area (Å²) in [5.74, 6) is -1.27. The highest BCUT2D eigenvalue weighted by Crippen LogP contribution is 2.34. The van der Waals surface area contributed by atoms with Crippen molar-refractivity contribution in [2.24, 2.45) is 11.8 Å². The number of aromatic nitrogens is 1. The van der Waals surface area contributed by atoms with Crippen LogP contribution in [0.15, 0.2) is 18.2 Å². The zero-order valence-corrected chi connectivity index (χ0v) is 18.9. The molecule has 0 bridgehead atoms. The van der Waals surface area contributed by atoms with Crippen molar-refractivity contribution < 1.29 is 23.5 Å². The van der Waals surface area contributed by atoms with Crippen molar-refractivity contribution >= 4 is 28.6 Å². The number of carbonyl (C=O) groups is 3. The molecule has 34 heavy (non-hydrogen) atoms. The lowest BCUT2D eigenvalue weighted by atomic mass is 9.92. The summed E-state index contributed by atoms with van der Waals surface area (Å²) < 4.78 is 19.0. The molecule has 1 aliphatic carbocycles. The Bertz CT molecular complexity index is 1140. The molecule has 2 heterocycles. The Morgan fingerprint density at radius 3 is 2.71 bits per heavy atom. The maximum absolute atomic E-state index is 13.8. The van der Waals surface area contributed by atoms with E-state index in [1.165, 1.54) is 19.2 Å². The first-order chi connectivity index (χ1) is 16.4. The van der Waals surface area contributed by atoms with Crippen LogP contribution in [0.2, 0.25) is 0 Å². The van der Waals surface area contributed by atoms with E-state index in [1.807, 2.05) is 0 Å². The first-order valence-electron chi connectivity index (χ1n) is 11.5. The van der Waals surface area contributed by atoms with Crippen LogP contribution in [0.3, 0.4) is 0 Å². The highest BCUT2D eigenvalue weighted by Gasteiger charge is 2.33. The Hall–Kier alpha value is -3.61. The Kier molecular flexibility index (Phi) is 7.01. The van der Waals surface area contributed by atoms with Gasteiger partial charge in [-0.1, -0.05) is 12.8 Å². The highest BCUT2D eigenvalue weighted by atomic mass is 19.1. The minimum Gasteiger partial charge on any atom is -0.496 e. The lowest BCUT2D eigenvalue weighted by Crippen LogP contribution is -2.50. The lowest BCUT2D eigenvalue weighted by Gasteiger charge is -2.25. The van der Waals surface area contributed by atoms with Gasteiger partial charge in [0.2, 0.25) is 11.8 Å². The number of amides is 3. The van der Waals surface area contributed by atoms with Crippen molar-refractivity contribution in [1.29, 1.82) is 5.26 Å². The number of carbonyl (C=O) groups excluding carboxylic acids is 3. The highest BCUT2D eigenvalue weighted by molar-refractivity contribution is 6.01. The van der Waals surface area contributed by atoms with Crippen LogP contribution >= 0.6 is 0 Å². The number of aromatic amines is 1. The standard InChI is InChI=1S/C24H28FN5O4/c1-34-21-10-15(25)9-18-17(21)11-20(29-18)24(33)30-19(7-13-4-5-13)23(32)28-16(12-26)8-14-3-2-6-27-22(14)31/h9-11,13-14,16,19,29H,2-8H2,1H3,(H,27,31)(H,28,32)(H,30,33)/t14-,16?,19?/m0/s1. The van der Waals surface area contributed by atoms with Gasteiger partial charge in [-0.15, -0.1) is 0 Å². The van der Waals surface area contributed by atoms with Crippen LogP contribution in [-0.4, -0.2) is 48.4 Å². The van der Waals surface area contributed by atoms with E-state index in [9.17, 15) is 24.0 Å². The van der Waals surface area contributed by atoms with Crippen molar-refractivity contribution in [2.45, 2.75) is 50.6 Å². The second-order valence-corrected chi connectivity index (χ2v) is 9.01. The van der Waals surface area contributed by atoms with Crippen LogP contribution in [0.4, 0.5) is 4.39 Å². The molecule has 4 rings (SSSR count). The zero-order valence-electron chi connectivity index (χ0n) is 18.9. The normalized spacial score (nSPS) is 19.6. The van der Waals surface area contributed by atoms with Gasteiger partial charge < -0.3 is 25.7 Å². The summed E-state index contributed by atoms with van der Waals surface area (Å²) in [6, 6.07) is 4.45. The van der Waals surface area contributed by atoms with Crippen LogP contribution in [0.5, 0.6) is 5.75 Å². The third-order valence-corrected chi connectivity index (χ3v) is 6.41. The number of piperidine rings is 1. The molecule has 9 nitrogen and oxygen atoms in total. The minimum atomic E-state index is -0.833. The van der Waals surface area contributed by atoms with Crippen molar-refractivity contribution in [2.75, 3.05) is 13.7 Å². The van der Waals surface area contributed by atoms with Gasteiger partial charge in [-0.25, -0.2) is 4.39 Å². The SMILES string of the molecule is COc1cc(F)cc2[nH]c(C(=O)NC(CC3CC3)C(=O)NC(C#N)C[C@@H]3CCCNC3=O)cc12. The van der Waals surface area contributed by atoms with Crippen LogP contribution in [0.25, 0.3) is 10.9 Å². The number of fused-ring (bicyclic) bond motifs is 1. The van der Waals surface area contributed by atoms with Gasteiger partial charge >= 0.3 is 0 Å². The molecule has 0 radical (unpaired) electrons. The van der Waals surface area contributed by atoms with Gasteiger partial charge in [-0.3, -0.25) is 14.4 Å². The molecule has 2 aliphatic rings. The zero-order chi connectivity index (χ0) is 24.2. The van der Waals surface area contributed by atoms with E-state index in [2.05, 4.69) is 27.0 Å². The lowest BCUT2D eigenvalue weighted by molar-refractivity contribution is -0.128. The molecule has 3 amide bonds. The number of ether oxygens (including phenoxy) is 1. The Morgan fingerprint density at radius 1 is 1.24 bits per heavy atom. The first-order valence-corrected chi connectivity index (χ1v) is 11.5. The predicted molar refractivity (Wildman–Crippen MR) is 121 cm³/mol. The van der Waals surface area contributed by atoms with E-state index in [4.69, 9.17) is 4.74 Å². The summed E-state index contributed by atoms with van der Waals surface area (Å²) in [6.07, 6.45) is 4.15. The second-order valence-electron chi connectivity index (χ2n) is 9.01. The number of rotatable bonds is 9. The molecule has 1 saturated carbocycles. The third kappa shape index (κ3) is 5.47. The predicted octanol–water partition coefficient (Wildman–Crippen LogP) is 2.14. The molecule has 4 N–H and O–H groups in total. The fraction of sp³-hybridized carbons (Fsp3) is 0.500. The molecule has 0 spiro atoms. The Morgan fingerprint density at radius 2 is 2.03 bits per heavy atom. The van der Waals surface area contributed by atoms with Gasteiger partial charge in [-0.05, 0) is 43.7 Å². The second kappa shape index (κ2) is 10.1. The molecule has 2 unspecified atom stereocenters. The van der Waals surface area contributed by atoms with Crippen molar-refractivity contribution in [3.8, 4) is 11.8 Å². The van der Waals surface area contributed by atoms with Crippen molar-refractivity contribution in [3.63, 3.8) is 0 Å². The molecular formula is C24H28FN5O4.